The molecule has 0 aliphatic heterocycles. The second-order valence-electron chi connectivity index (χ2n) is 5.01. The van der Waals surface area contributed by atoms with Gasteiger partial charge in [0.2, 0.25) is 0 Å². The van der Waals surface area contributed by atoms with Gasteiger partial charge in [-0.25, -0.2) is 0 Å². The van der Waals surface area contributed by atoms with Crippen molar-refractivity contribution in [1.82, 2.24) is 0 Å². The third kappa shape index (κ3) is 2.67. The van der Waals surface area contributed by atoms with E-state index >= 15 is 0 Å². The number of fused-ring (bicyclic) bond motifs is 1. The van der Waals surface area contributed by atoms with E-state index in [1.807, 2.05) is 30.5 Å². The number of carbonyl (C=O) groups is 1. The average Bonchev–Trinajstić information content (AvgIpc) is 3.02. The standard InChI is InChI=1S/C17H14O4S/c1-10-6-11(8-16(19)20-2)17-12(7-10)13(18)9-14(21-17)15-4-3-5-22-15/h3-7,9H,8H2,1-2H3. The Labute approximate surface area is 131 Å². The van der Waals surface area contributed by atoms with Crippen LogP contribution in [0.1, 0.15) is 11.1 Å². The Morgan fingerprint density at radius 2 is 2.14 bits per heavy atom. The van der Waals surface area contributed by atoms with E-state index in [1.165, 1.54) is 24.5 Å². The molecule has 22 heavy (non-hydrogen) atoms. The lowest BCUT2D eigenvalue weighted by molar-refractivity contribution is -0.139. The zero-order valence-electron chi connectivity index (χ0n) is 12.2. The highest BCUT2D eigenvalue weighted by atomic mass is 32.1. The average molecular weight is 314 g/mol. The fourth-order valence-electron chi connectivity index (χ4n) is 2.39. The van der Waals surface area contributed by atoms with Gasteiger partial charge in [-0.15, -0.1) is 11.3 Å². The van der Waals surface area contributed by atoms with Gasteiger partial charge < -0.3 is 9.15 Å². The molecule has 2 heterocycles. The number of hydrogen-bond donors (Lipinski definition) is 0. The second kappa shape index (κ2) is 5.77. The third-order valence-corrected chi connectivity index (χ3v) is 4.26. The molecule has 1 aromatic carbocycles. The number of hydrogen-bond acceptors (Lipinski definition) is 5. The number of aryl methyl sites for hydroxylation is 1. The summed E-state index contributed by atoms with van der Waals surface area (Å²) in [7, 11) is 1.34. The second-order valence-corrected chi connectivity index (χ2v) is 5.95. The van der Waals surface area contributed by atoms with Crippen molar-refractivity contribution >= 4 is 28.3 Å². The predicted octanol–water partition coefficient (Wildman–Crippen LogP) is 3.55. The van der Waals surface area contributed by atoms with Crippen LogP contribution < -0.4 is 5.43 Å². The predicted molar refractivity (Wildman–Crippen MR) is 86.3 cm³/mol. The van der Waals surface area contributed by atoms with Crippen LogP contribution >= 0.6 is 11.3 Å². The van der Waals surface area contributed by atoms with E-state index in [0.717, 1.165) is 10.4 Å². The highest BCUT2D eigenvalue weighted by Crippen LogP contribution is 2.28. The molecule has 0 saturated heterocycles. The first kappa shape index (κ1) is 14.5. The van der Waals surface area contributed by atoms with Crippen molar-refractivity contribution < 1.29 is 13.9 Å². The molecular weight excluding hydrogens is 300 g/mol. The third-order valence-electron chi connectivity index (χ3n) is 3.38. The Kier molecular flexibility index (Phi) is 3.81. The summed E-state index contributed by atoms with van der Waals surface area (Å²) in [6.07, 6.45) is 0.0749. The molecule has 0 atom stereocenters. The van der Waals surface area contributed by atoms with Gasteiger partial charge in [-0.05, 0) is 30.0 Å². The summed E-state index contributed by atoms with van der Waals surface area (Å²) < 4.78 is 10.6. The maximum absolute atomic E-state index is 12.4. The van der Waals surface area contributed by atoms with E-state index in [2.05, 4.69) is 0 Å². The lowest BCUT2D eigenvalue weighted by Crippen LogP contribution is -2.08. The topological polar surface area (TPSA) is 56.5 Å². The van der Waals surface area contributed by atoms with Crippen LogP contribution in [0.5, 0.6) is 0 Å². The van der Waals surface area contributed by atoms with Crippen LogP contribution in [0, 0.1) is 6.92 Å². The summed E-state index contributed by atoms with van der Waals surface area (Å²) >= 11 is 1.50. The van der Waals surface area contributed by atoms with Crippen LogP contribution in [0.4, 0.5) is 0 Å². The fraction of sp³-hybridized carbons (Fsp3) is 0.176. The number of carbonyl (C=O) groups excluding carboxylic acids is 1. The van der Waals surface area contributed by atoms with E-state index in [-0.39, 0.29) is 17.8 Å². The largest absolute Gasteiger partial charge is 0.469 e. The van der Waals surface area contributed by atoms with E-state index in [1.54, 1.807) is 6.07 Å². The van der Waals surface area contributed by atoms with E-state index < -0.39 is 0 Å². The summed E-state index contributed by atoms with van der Waals surface area (Å²) in [6.45, 7) is 1.88. The Morgan fingerprint density at radius 1 is 1.32 bits per heavy atom. The molecule has 0 bridgehead atoms. The van der Waals surface area contributed by atoms with E-state index in [9.17, 15) is 9.59 Å². The minimum absolute atomic E-state index is 0.0749. The Balaban J connectivity index is 2.26. The Bertz CT molecular complexity index is 891. The summed E-state index contributed by atoms with van der Waals surface area (Å²) in [5.41, 5.74) is 1.91. The van der Waals surface area contributed by atoms with Gasteiger partial charge in [-0.2, -0.15) is 0 Å². The molecular formula is C17H14O4S. The molecule has 3 aromatic rings. The molecule has 4 nitrogen and oxygen atoms in total. The van der Waals surface area contributed by atoms with Crippen molar-refractivity contribution in [3.63, 3.8) is 0 Å². The number of methoxy groups -OCH3 is 1. The molecule has 3 rings (SSSR count). The molecule has 0 aliphatic rings. The molecule has 0 saturated carbocycles. The zero-order valence-corrected chi connectivity index (χ0v) is 13.0. The highest BCUT2D eigenvalue weighted by molar-refractivity contribution is 7.13. The molecule has 0 aliphatic carbocycles. The van der Waals surface area contributed by atoms with Crippen molar-refractivity contribution in [2.24, 2.45) is 0 Å². The van der Waals surface area contributed by atoms with Crippen LogP contribution in [0.3, 0.4) is 0 Å². The molecule has 5 heteroatoms. The van der Waals surface area contributed by atoms with Crippen LogP contribution in [0.2, 0.25) is 0 Å². The Hall–Kier alpha value is -2.40. The number of benzene rings is 1. The van der Waals surface area contributed by atoms with Crippen LogP contribution in [-0.4, -0.2) is 13.1 Å². The fourth-order valence-corrected chi connectivity index (χ4v) is 3.06. The maximum Gasteiger partial charge on any atom is 0.310 e. The minimum atomic E-state index is -0.365. The first-order valence-corrected chi connectivity index (χ1v) is 7.64. The lowest BCUT2D eigenvalue weighted by atomic mass is 10.0. The van der Waals surface area contributed by atoms with Crippen molar-refractivity contribution in [1.29, 1.82) is 0 Å². The van der Waals surface area contributed by atoms with Crippen LogP contribution in [0.25, 0.3) is 21.6 Å². The van der Waals surface area contributed by atoms with E-state index in [4.69, 9.17) is 9.15 Å². The SMILES string of the molecule is COC(=O)Cc1cc(C)cc2c(=O)cc(-c3cccs3)oc12. The maximum atomic E-state index is 12.4. The normalized spacial score (nSPS) is 10.8. The van der Waals surface area contributed by atoms with Crippen molar-refractivity contribution in [3.05, 3.63) is 57.1 Å². The summed E-state index contributed by atoms with van der Waals surface area (Å²) in [5.74, 6) is 0.151. The molecule has 0 spiro atoms. The highest BCUT2D eigenvalue weighted by Gasteiger charge is 2.14. The van der Waals surface area contributed by atoms with Gasteiger partial charge >= 0.3 is 5.97 Å². The molecule has 0 radical (unpaired) electrons. The number of ether oxygens (including phenoxy) is 1. The first-order chi connectivity index (χ1) is 10.6. The van der Waals surface area contributed by atoms with Gasteiger partial charge in [0.05, 0.1) is 23.8 Å². The van der Waals surface area contributed by atoms with Crippen LogP contribution in [-0.2, 0) is 16.0 Å². The Morgan fingerprint density at radius 3 is 2.82 bits per heavy atom. The number of rotatable bonds is 3. The van der Waals surface area contributed by atoms with Gasteiger partial charge in [-0.3, -0.25) is 9.59 Å². The van der Waals surface area contributed by atoms with Gasteiger partial charge in [0.15, 0.2) is 5.43 Å². The van der Waals surface area contributed by atoms with Gasteiger partial charge in [0.25, 0.3) is 0 Å². The van der Waals surface area contributed by atoms with Crippen molar-refractivity contribution in [2.45, 2.75) is 13.3 Å². The van der Waals surface area contributed by atoms with Crippen molar-refractivity contribution in [3.8, 4) is 10.6 Å². The number of esters is 1. The molecule has 112 valence electrons. The van der Waals surface area contributed by atoms with Gasteiger partial charge in [0, 0.05) is 11.6 Å². The number of thiophene rings is 1. The monoisotopic (exact) mass is 314 g/mol. The summed E-state index contributed by atoms with van der Waals surface area (Å²) in [6, 6.07) is 8.91. The quantitative estimate of drug-likeness (QED) is 0.694. The first-order valence-electron chi connectivity index (χ1n) is 6.76. The summed E-state index contributed by atoms with van der Waals surface area (Å²) in [5, 5.41) is 2.41. The van der Waals surface area contributed by atoms with Gasteiger partial charge in [0.1, 0.15) is 11.3 Å². The van der Waals surface area contributed by atoms with Crippen molar-refractivity contribution in [2.75, 3.05) is 7.11 Å². The molecule has 0 N–H and O–H groups in total. The molecule has 0 fully saturated rings. The molecule has 0 unspecified atom stereocenters. The minimum Gasteiger partial charge on any atom is -0.469 e. The lowest BCUT2D eigenvalue weighted by Gasteiger charge is -2.08. The molecule has 0 amide bonds. The van der Waals surface area contributed by atoms with Crippen LogP contribution in [0.15, 0.2) is 44.9 Å². The summed E-state index contributed by atoms with van der Waals surface area (Å²) in [4.78, 5) is 24.9. The molecule has 2 aromatic heterocycles. The zero-order chi connectivity index (χ0) is 15.7. The smallest absolute Gasteiger partial charge is 0.310 e. The van der Waals surface area contributed by atoms with E-state index in [0.29, 0.717) is 22.3 Å². The van der Waals surface area contributed by atoms with Gasteiger partial charge in [-0.1, -0.05) is 12.1 Å².